The smallest absolute Gasteiger partial charge is 0.306 e. The monoisotopic (exact) mass is 991 g/mol. The fraction of sp³-hybridized carbons (Fsp3) is 0.769. The van der Waals surface area contributed by atoms with Crippen molar-refractivity contribution in [2.24, 2.45) is 0 Å². The predicted octanol–water partition coefficient (Wildman–Crippen LogP) is 20.5. The van der Waals surface area contributed by atoms with Gasteiger partial charge in [0.15, 0.2) is 6.10 Å². The third-order valence-electron chi connectivity index (χ3n) is 13.2. The van der Waals surface area contributed by atoms with E-state index in [0.717, 1.165) is 96.3 Å². The van der Waals surface area contributed by atoms with Gasteiger partial charge < -0.3 is 14.2 Å². The molecule has 0 bridgehead atoms. The summed E-state index contributed by atoms with van der Waals surface area (Å²) in [5, 5.41) is 0. The van der Waals surface area contributed by atoms with Gasteiger partial charge in [-0.15, -0.1) is 0 Å². The van der Waals surface area contributed by atoms with E-state index in [4.69, 9.17) is 14.2 Å². The summed E-state index contributed by atoms with van der Waals surface area (Å²) in [7, 11) is 0. The summed E-state index contributed by atoms with van der Waals surface area (Å²) >= 11 is 0. The van der Waals surface area contributed by atoms with Crippen LogP contribution >= 0.6 is 0 Å². The molecule has 1 atom stereocenters. The molecular formula is C65H114O6. The highest BCUT2D eigenvalue weighted by molar-refractivity contribution is 5.71. The van der Waals surface area contributed by atoms with Crippen LogP contribution in [0, 0.1) is 0 Å². The number of unbranched alkanes of at least 4 members (excludes halogenated alkanes) is 32. The Hall–Kier alpha value is -3.15. The molecule has 0 aromatic rings. The van der Waals surface area contributed by atoms with Gasteiger partial charge in [0, 0.05) is 19.3 Å². The molecule has 0 amide bonds. The van der Waals surface area contributed by atoms with Crippen LogP contribution in [0.3, 0.4) is 0 Å². The van der Waals surface area contributed by atoms with Crippen LogP contribution in [0.4, 0.5) is 0 Å². The molecule has 0 spiro atoms. The normalized spacial score (nSPS) is 12.5. The Balaban J connectivity index is 4.43. The molecule has 0 saturated heterocycles. The van der Waals surface area contributed by atoms with E-state index in [2.05, 4.69) is 93.7 Å². The Labute approximate surface area is 440 Å². The van der Waals surface area contributed by atoms with Crippen molar-refractivity contribution in [3.63, 3.8) is 0 Å². The zero-order chi connectivity index (χ0) is 51.4. The molecule has 6 heteroatoms. The molecule has 6 nitrogen and oxygen atoms in total. The van der Waals surface area contributed by atoms with Crippen LogP contribution in [-0.4, -0.2) is 37.2 Å². The second kappa shape index (κ2) is 59.4. The maximum absolute atomic E-state index is 12.9. The predicted molar refractivity (Wildman–Crippen MR) is 307 cm³/mol. The van der Waals surface area contributed by atoms with Gasteiger partial charge in [0.1, 0.15) is 13.2 Å². The molecule has 0 radical (unpaired) electrons. The maximum Gasteiger partial charge on any atom is 0.306 e. The summed E-state index contributed by atoms with van der Waals surface area (Å²) in [6, 6.07) is 0. The highest BCUT2D eigenvalue weighted by atomic mass is 16.6. The number of hydrogen-bond acceptors (Lipinski definition) is 6. The zero-order valence-electron chi connectivity index (χ0n) is 47.0. The van der Waals surface area contributed by atoms with Crippen molar-refractivity contribution in [3.8, 4) is 0 Å². The lowest BCUT2D eigenvalue weighted by Crippen LogP contribution is -2.30. The zero-order valence-corrected chi connectivity index (χ0v) is 47.0. The van der Waals surface area contributed by atoms with E-state index in [1.54, 1.807) is 0 Å². The van der Waals surface area contributed by atoms with E-state index in [0.29, 0.717) is 19.3 Å². The number of carbonyl (C=O) groups excluding carboxylic acids is 3. The van der Waals surface area contributed by atoms with Crippen molar-refractivity contribution in [3.05, 3.63) is 72.9 Å². The number of rotatable bonds is 55. The molecule has 0 N–H and O–H groups in total. The summed E-state index contributed by atoms with van der Waals surface area (Å²) in [6.45, 7) is 6.53. The van der Waals surface area contributed by atoms with Gasteiger partial charge in [-0.1, -0.05) is 267 Å². The van der Waals surface area contributed by atoms with E-state index in [1.807, 2.05) is 0 Å². The molecule has 0 aliphatic rings. The number of ether oxygens (including phenoxy) is 3. The van der Waals surface area contributed by atoms with Gasteiger partial charge in [-0.05, 0) is 89.9 Å². The van der Waals surface area contributed by atoms with Crippen LogP contribution in [0.1, 0.15) is 303 Å². The Morgan fingerprint density at radius 1 is 0.296 bits per heavy atom. The Kier molecular flexibility index (Phi) is 56.8. The third kappa shape index (κ3) is 57.6. The Morgan fingerprint density at radius 2 is 0.549 bits per heavy atom. The van der Waals surface area contributed by atoms with Crippen molar-refractivity contribution >= 4 is 17.9 Å². The standard InChI is InChI=1S/C65H114O6/c1-4-7-10-13-16-19-22-25-28-31-33-35-37-40-43-46-49-52-55-58-64(67)70-61-62(60-69-63(66)57-54-51-48-45-42-39-36-30-27-24-21-18-15-12-9-6-3)71-65(68)59-56-53-50-47-44-41-38-34-32-29-26-23-20-17-14-11-8-5-2/h7,10,16,19,25,28-29,32-33,35,40,43,62H,4-6,8-9,11-15,17-18,20-24,26-27,30-31,34,36-39,41-42,44-61H2,1-3H3/b10-7-,19-16-,28-25-,32-29-,35-33-,43-40-. The lowest BCUT2D eigenvalue weighted by atomic mass is 10.0. The van der Waals surface area contributed by atoms with Crippen LogP contribution in [0.25, 0.3) is 0 Å². The maximum atomic E-state index is 12.9. The van der Waals surface area contributed by atoms with E-state index in [1.165, 1.54) is 167 Å². The van der Waals surface area contributed by atoms with Crippen molar-refractivity contribution in [2.75, 3.05) is 13.2 Å². The number of allylic oxidation sites excluding steroid dienone is 12. The second-order valence-corrected chi connectivity index (χ2v) is 20.2. The minimum Gasteiger partial charge on any atom is -0.462 e. The first-order valence-corrected chi connectivity index (χ1v) is 30.4. The minimum atomic E-state index is -0.791. The fourth-order valence-electron chi connectivity index (χ4n) is 8.64. The third-order valence-corrected chi connectivity index (χ3v) is 13.2. The van der Waals surface area contributed by atoms with Gasteiger partial charge in [-0.25, -0.2) is 0 Å². The van der Waals surface area contributed by atoms with Crippen molar-refractivity contribution < 1.29 is 28.6 Å². The summed E-state index contributed by atoms with van der Waals surface area (Å²) in [4.78, 5) is 38.2. The van der Waals surface area contributed by atoms with Gasteiger partial charge in [-0.2, -0.15) is 0 Å². The molecule has 0 rings (SSSR count). The fourth-order valence-corrected chi connectivity index (χ4v) is 8.64. The number of carbonyl (C=O) groups is 3. The van der Waals surface area contributed by atoms with Gasteiger partial charge in [0.25, 0.3) is 0 Å². The van der Waals surface area contributed by atoms with E-state index >= 15 is 0 Å². The van der Waals surface area contributed by atoms with E-state index in [-0.39, 0.29) is 31.1 Å². The van der Waals surface area contributed by atoms with Crippen LogP contribution in [0.5, 0.6) is 0 Å². The van der Waals surface area contributed by atoms with Crippen LogP contribution in [0.2, 0.25) is 0 Å². The van der Waals surface area contributed by atoms with Crippen LogP contribution in [-0.2, 0) is 28.6 Å². The molecule has 0 aromatic heterocycles. The van der Waals surface area contributed by atoms with Gasteiger partial charge in [0.05, 0.1) is 0 Å². The Morgan fingerprint density at radius 3 is 0.887 bits per heavy atom. The molecule has 0 heterocycles. The average Bonchev–Trinajstić information content (AvgIpc) is 3.37. The van der Waals surface area contributed by atoms with Crippen molar-refractivity contribution in [1.82, 2.24) is 0 Å². The number of hydrogen-bond donors (Lipinski definition) is 0. The highest BCUT2D eigenvalue weighted by Gasteiger charge is 2.19. The molecule has 0 aliphatic carbocycles. The van der Waals surface area contributed by atoms with Crippen molar-refractivity contribution in [1.29, 1.82) is 0 Å². The van der Waals surface area contributed by atoms with Crippen LogP contribution < -0.4 is 0 Å². The molecule has 0 aliphatic heterocycles. The molecule has 1 unspecified atom stereocenters. The summed E-state index contributed by atoms with van der Waals surface area (Å²) in [5.41, 5.74) is 0. The SMILES string of the molecule is CC/C=C\C/C=C\C/C=C\C/C=C\C/C=C\CCCCCC(=O)OCC(COC(=O)CCCCCCCCCCCCCCCCCC)OC(=O)CCCCCCCCC/C=C\CCCCCCCCC. The molecule has 0 saturated carbocycles. The van der Waals surface area contributed by atoms with Gasteiger partial charge in [-0.3, -0.25) is 14.4 Å². The first-order chi connectivity index (χ1) is 35.0. The molecule has 0 aromatic carbocycles. The largest absolute Gasteiger partial charge is 0.462 e. The number of esters is 3. The van der Waals surface area contributed by atoms with Gasteiger partial charge >= 0.3 is 17.9 Å². The van der Waals surface area contributed by atoms with Gasteiger partial charge in [0.2, 0.25) is 0 Å². The second-order valence-electron chi connectivity index (χ2n) is 20.2. The summed E-state index contributed by atoms with van der Waals surface area (Å²) < 4.78 is 16.9. The summed E-state index contributed by atoms with van der Waals surface area (Å²) in [6.07, 6.45) is 76.1. The minimum absolute atomic E-state index is 0.0850. The Bertz CT molecular complexity index is 1320. The first kappa shape index (κ1) is 67.8. The topological polar surface area (TPSA) is 78.9 Å². The lowest BCUT2D eigenvalue weighted by molar-refractivity contribution is -0.167. The van der Waals surface area contributed by atoms with E-state index in [9.17, 15) is 14.4 Å². The molecule has 410 valence electrons. The molecular weight excluding hydrogens is 877 g/mol. The molecule has 71 heavy (non-hydrogen) atoms. The average molecular weight is 992 g/mol. The van der Waals surface area contributed by atoms with E-state index < -0.39 is 6.10 Å². The van der Waals surface area contributed by atoms with Crippen LogP contribution in [0.15, 0.2) is 72.9 Å². The highest BCUT2D eigenvalue weighted by Crippen LogP contribution is 2.16. The van der Waals surface area contributed by atoms with Crippen molar-refractivity contribution in [2.45, 2.75) is 309 Å². The lowest BCUT2D eigenvalue weighted by Gasteiger charge is -2.18. The molecule has 0 fully saturated rings. The summed E-state index contributed by atoms with van der Waals surface area (Å²) in [5.74, 6) is -0.909. The quantitative estimate of drug-likeness (QED) is 0.0261. The first-order valence-electron chi connectivity index (χ1n) is 30.4.